The molecule has 0 aromatic heterocycles. The average Bonchev–Trinajstić information content (AvgIpc) is 2.68. The van der Waals surface area contributed by atoms with Crippen molar-refractivity contribution in [2.75, 3.05) is 0 Å². The standard InChI is InChI=1S/C24H36N2O2Si2/c1-29(2,3)21(23(27)25-17-19-13-9-7-10-14-19)22(30(4,5)6)24(28)26-18-20-15-11-8-12-16-20/h7-16,21-22H,17-18H2,1-6H3,(H,25,27)(H,26,28)/t21-,22+. The Morgan fingerprint density at radius 3 is 1.20 bits per heavy atom. The number of carbonyl (C=O) groups is 2. The second kappa shape index (κ2) is 10.2. The van der Waals surface area contributed by atoms with Crippen LogP contribution in [0.2, 0.25) is 50.4 Å². The fourth-order valence-electron chi connectivity index (χ4n) is 3.88. The number of amides is 2. The first-order chi connectivity index (χ1) is 14.0. The Morgan fingerprint density at radius 2 is 0.933 bits per heavy atom. The molecule has 2 atom stereocenters. The molecular weight excluding hydrogens is 404 g/mol. The second-order valence-corrected chi connectivity index (χ2v) is 20.8. The van der Waals surface area contributed by atoms with E-state index in [0.717, 1.165) is 11.1 Å². The van der Waals surface area contributed by atoms with Crippen molar-refractivity contribution in [3.05, 3.63) is 71.8 Å². The molecule has 0 saturated carbocycles. The van der Waals surface area contributed by atoms with E-state index in [9.17, 15) is 9.59 Å². The zero-order chi connectivity index (χ0) is 22.4. The van der Waals surface area contributed by atoms with Crippen molar-refractivity contribution in [3.8, 4) is 0 Å². The van der Waals surface area contributed by atoms with E-state index >= 15 is 0 Å². The molecular formula is C24H36N2O2Si2. The van der Waals surface area contributed by atoms with Gasteiger partial charge >= 0.3 is 0 Å². The third kappa shape index (κ3) is 6.95. The summed E-state index contributed by atoms with van der Waals surface area (Å²) in [7, 11) is -3.94. The van der Waals surface area contributed by atoms with E-state index in [0.29, 0.717) is 13.1 Å². The Labute approximate surface area is 183 Å². The molecule has 0 bridgehead atoms. The van der Waals surface area contributed by atoms with Crippen LogP contribution >= 0.6 is 0 Å². The largest absolute Gasteiger partial charge is 0.352 e. The molecule has 2 N–H and O–H groups in total. The van der Waals surface area contributed by atoms with E-state index in [-0.39, 0.29) is 22.9 Å². The summed E-state index contributed by atoms with van der Waals surface area (Å²) in [5.74, 6) is 0.0283. The van der Waals surface area contributed by atoms with Gasteiger partial charge in [-0.15, -0.1) is 0 Å². The smallest absolute Gasteiger partial charge is 0.221 e. The van der Waals surface area contributed by atoms with Crippen molar-refractivity contribution in [1.29, 1.82) is 0 Å². The van der Waals surface area contributed by atoms with Crippen LogP contribution in [0.25, 0.3) is 0 Å². The number of carbonyl (C=O) groups excluding carboxylic acids is 2. The van der Waals surface area contributed by atoms with Gasteiger partial charge < -0.3 is 10.6 Å². The van der Waals surface area contributed by atoms with Crippen molar-refractivity contribution in [2.24, 2.45) is 0 Å². The lowest BCUT2D eigenvalue weighted by atomic mass is 10.2. The molecule has 0 heterocycles. The van der Waals surface area contributed by atoms with Crippen LogP contribution in [0.3, 0.4) is 0 Å². The van der Waals surface area contributed by atoms with Gasteiger partial charge in [0.15, 0.2) is 0 Å². The van der Waals surface area contributed by atoms with Crippen molar-refractivity contribution in [1.82, 2.24) is 10.6 Å². The Morgan fingerprint density at radius 1 is 0.633 bits per heavy atom. The Kier molecular flexibility index (Phi) is 8.20. The van der Waals surface area contributed by atoms with E-state index in [2.05, 4.69) is 49.9 Å². The Hall–Kier alpha value is -2.19. The van der Waals surface area contributed by atoms with Crippen molar-refractivity contribution in [3.63, 3.8) is 0 Å². The van der Waals surface area contributed by atoms with Gasteiger partial charge in [0.05, 0.1) is 16.1 Å². The molecule has 0 radical (unpaired) electrons. The van der Waals surface area contributed by atoms with Gasteiger partial charge in [-0.1, -0.05) is 99.9 Å². The van der Waals surface area contributed by atoms with Crippen LogP contribution in [-0.4, -0.2) is 28.0 Å². The number of hydrogen-bond donors (Lipinski definition) is 2. The van der Waals surface area contributed by atoms with Gasteiger partial charge in [-0.2, -0.15) is 0 Å². The Bertz CT molecular complexity index is 756. The summed E-state index contributed by atoms with van der Waals surface area (Å²) in [6.07, 6.45) is 0. The predicted octanol–water partition coefficient (Wildman–Crippen LogP) is 5.04. The molecule has 30 heavy (non-hydrogen) atoms. The highest BCUT2D eigenvalue weighted by Crippen LogP contribution is 2.41. The van der Waals surface area contributed by atoms with E-state index in [1.807, 2.05) is 60.7 Å². The summed E-state index contributed by atoms with van der Waals surface area (Å²) in [6, 6.07) is 19.8. The minimum absolute atomic E-state index is 0.0142. The lowest BCUT2D eigenvalue weighted by molar-refractivity contribution is -0.126. The molecule has 162 valence electrons. The predicted molar refractivity (Wildman–Crippen MR) is 131 cm³/mol. The molecule has 0 aliphatic rings. The third-order valence-corrected chi connectivity index (χ3v) is 10.6. The maximum atomic E-state index is 13.4. The van der Waals surface area contributed by atoms with E-state index in [1.165, 1.54) is 0 Å². The maximum Gasteiger partial charge on any atom is 0.221 e. The Balaban J connectivity index is 2.22. The molecule has 0 aliphatic heterocycles. The highest BCUT2D eigenvalue weighted by atomic mass is 28.3. The monoisotopic (exact) mass is 440 g/mol. The van der Waals surface area contributed by atoms with Crippen LogP contribution in [0.1, 0.15) is 11.1 Å². The number of rotatable bonds is 9. The van der Waals surface area contributed by atoms with Crippen molar-refractivity contribution < 1.29 is 9.59 Å². The minimum atomic E-state index is -1.97. The van der Waals surface area contributed by atoms with E-state index in [4.69, 9.17) is 0 Å². The zero-order valence-corrected chi connectivity index (χ0v) is 21.2. The van der Waals surface area contributed by atoms with Gasteiger partial charge in [0.2, 0.25) is 11.8 Å². The SMILES string of the molecule is C[Si](C)(C)[C@H](C(=O)NCc1ccccc1)[C@H](C(=O)NCc1ccccc1)[Si](C)(C)C. The molecule has 0 aliphatic carbocycles. The lowest BCUT2D eigenvalue weighted by Crippen LogP contribution is -2.52. The summed E-state index contributed by atoms with van der Waals surface area (Å²) < 4.78 is 0. The molecule has 0 unspecified atom stereocenters. The molecule has 2 rings (SSSR count). The molecule has 2 amide bonds. The summed E-state index contributed by atoms with van der Waals surface area (Å²) in [5, 5.41) is 6.25. The molecule has 4 nitrogen and oxygen atoms in total. The molecule has 0 saturated heterocycles. The fourth-order valence-corrected chi connectivity index (χ4v) is 11.0. The summed E-state index contributed by atoms with van der Waals surface area (Å²) >= 11 is 0. The topological polar surface area (TPSA) is 58.2 Å². The van der Waals surface area contributed by atoms with Gasteiger partial charge in [-0.25, -0.2) is 0 Å². The van der Waals surface area contributed by atoms with E-state index < -0.39 is 16.1 Å². The minimum Gasteiger partial charge on any atom is -0.352 e. The zero-order valence-electron chi connectivity index (χ0n) is 19.2. The van der Waals surface area contributed by atoms with Crippen LogP contribution in [0.15, 0.2) is 60.7 Å². The van der Waals surface area contributed by atoms with Gasteiger partial charge in [0, 0.05) is 24.2 Å². The highest BCUT2D eigenvalue weighted by molar-refractivity contribution is 6.87. The number of nitrogens with one attached hydrogen (secondary N) is 2. The molecule has 2 aromatic carbocycles. The van der Waals surface area contributed by atoms with Gasteiger partial charge in [-0.3, -0.25) is 9.59 Å². The molecule has 2 aromatic rings. The molecule has 0 fully saturated rings. The highest BCUT2D eigenvalue weighted by Gasteiger charge is 2.48. The van der Waals surface area contributed by atoms with Crippen molar-refractivity contribution >= 4 is 28.0 Å². The summed E-state index contributed by atoms with van der Waals surface area (Å²) in [5.41, 5.74) is 1.61. The fraction of sp³-hybridized carbons (Fsp3) is 0.417. The van der Waals surface area contributed by atoms with Crippen LogP contribution < -0.4 is 10.6 Å². The van der Waals surface area contributed by atoms with Gasteiger partial charge in [0.1, 0.15) is 0 Å². The average molecular weight is 441 g/mol. The third-order valence-electron chi connectivity index (χ3n) is 5.38. The van der Waals surface area contributed by atoms with Gasteiger partial charge in [-0.05, 0) is 11.1 Å². The molecule has 0 spiro atoms. The van der Waals surface area contributed by atoms with E-state index in [1.54, 1.807) is 0 Å². The van der Waals surface area contributed by atoms with Gasteiger partial charge in [0.25, 0.3) is 0 Å². The van der Waals surface area contributed by atoms with Crippen molar-refractivity contribution in [2.45, 2.75) is 63.5 Å². The lowest BCUT2D eigenvalue weighted by Gasteiger charge is -2.40. The first-order valence-corrected chi connectivity index (χ1v) is 17.8. The normalized spacial score (nSPS) is 13.9. The summed E-state index contributed by atoms with van der Waals surface area (Å²) in [4.78, 5) is 26.8. The number of hydrogen-bond acceptors (Lipinski definition) is 2. The first kappa shape index (κ1) is 24.1. The van der Waals surface area contributed by atoms with Crippen LogP contribution in [0, 0.1) is 0 Å². The second-order valence-electron chi connectivity index (χ2n) is 10.1. The summed E-state index contributed by atoms with van der Waals surface area (Å²) in [6.45, 7) is 14.1. The number of benzene rings is 2. The quantitative estimate of drug-likeness (QED) is 0.537. The maximum absolute atomic E-state index is 13.4. The van der Waals surface area contributed by atoms with Crippen LogP contribution in [0.5, 0.6) is 0 Å². The molecule has 6 heteroatoms. The van der Waals surface area contributed by atoms with Crippen LogP contribution in [-0.2, 0) is 22.7 Å². The van der Waals surface area contributed by atoms with Crippen LogP contribution in [0.4, 0.5) is 0 Å². The first-order valence-electron chi connectivity index (χ1n) is 10.6.